The van der Waals surface area contributed by atoms with Gasteiger partial charge in [0, 0.05) is 30.0 Å². The summed E-state index contributed by atoms with van der Waals surface area (Å²) in [6, 6.07) is 13.8. The Hall–Kier alpha value is -2.87. The van der Waals surface area contributed by atoms with E-state index in [1.165, 1.54) is 0 Å². The van der Waals surface area contributed by atoms with Gasteiger partial charge in [0.2, 0.25) is 0 Å². The van der Waals surface area contributed by atoms with Crippen LogP contribution in [-0.4, -0.2) is 39.1 Å². The highest BCUT2D eigenvalue weighted by Crippen LogP contribution is 2.22. The van der Waals surface area contributed by atoms with Gasteiger partial charge in [-0.25, -0.2) is 8.42 Å². The third-order valence-corrected chi connectivity index (χ3v) is 6.75. The van der Waals surface area contributed by atoms with Crippen LogP contribution in [0.3, 0.4) is 0 Å². The van der Waals surface area contributed by atoms with Crippen LogP contribution in [0.4, 0.5) is 11.4 Å². The van der Waals surface area contributed by atoms with Crippen molar-refractivity contribution in [2.75, 3.05) is 24.2 Å². The fourth-order valence-electron chi connectivity index (χ4n) is 3.23. The Labute approximate surface area is 184 Å². The van der Waals surface area contributed by atoms with Crippen molar-refractivity contribution in [3.8, 4) is 0 Å². The van der Waals surface area contributed by atoms with Crippen molar-refractivity contribution in [1.29, 1.82) is 0 Å². The lowest BCUT2D eigenvalue weighted by Crippen LogP contribution is -2.43. The molecule has 0 unspecified atom stereocenters. The average Bonchev–Trinajstić information content (AvgIpc) is 2.75. The van der Waals surface area contributed by atoms with Crippen LogP contribution in [0.25, 0.3) is 0 Å². The number of rotatable bonds is 8. The van der Waals surface area contributed by atoms with Gasteiger partial charge in [-0.05, 0) is 67.6 Å². The summed E-state index contributed by atoms with van der Waals surface area (Å²) in [5.74, 6) is 0.915. The molecule has 3 rings (SSSR count). The molecule has 1 aliphatic heterocycles. The van der Waals surface area contributed by atoms with Crippen LogP contribution in [0.1, 0.15) is 43.5 Å². The smallest absolute Gasteiger partial charge is 0.257 e. The lowest BCUT2D eigenvalue weighted by molar-refractivity contribution is 0.0975. The molecule has 0 atom stereocenters. The van der Waals surface area contributed by atoms with E-state index in [2.05, 4.69) is 34.8 Å². The molecule has 0 saturated heterocycles. The van der Waals surface area contributed by atoms with Crippen LogP contribution < -0.4 is 16.0 Å². The number of sulfone groups is 1. The molecule has 1 amide bonds. The van der Waals surface area contributed by atoms with E-state index >= 15 is 0 Å². The van der Waals surface area contributed by atoms with Crippen LogP contribution in [0.5, 0.6) is 0 Å². The molecule has 2 aromatic carbocycles. The summed E-state index contributed by atoms with van der Waals surface area (Å²) in [6.45, 7) is 5.69. The molecule has 3 N–H and O–H groups in total. The first-order chi connectivity index (χ1) is 14.8. The number of carbonyl (C=O) groups is 1. The Balaban J connectivity index is 1.63. The molecule has 8 heteroatoms. The van der Waals surface area contributed by atoms with Crippen LogP contribution in [0.15, 0.2) is 58.4 Å². The summed E-state index contributed by atoms with van der Waals surface area (Å²) in [4.78, 5) is 16.9. The molecular formula is C23H30N4O3S. The highest BCUT2D eigenvalue weighted by atomic mass is 32.2. The lowest BCUT2D eigenvalue weighted by atomic mass is 10.1. The van der Waals surface area contributed by atoms with Crippen molar-refractivity contribution < 1.29 is 13.2 Å². The van der Waals surface area contributed by atoms with Gasteiger partial charge in [0.25, 0.3) is 5.91 Å². The number of nitrogens with zero attached hydrogens (tertiary/aromatic N) is 1. The number of hydrogen-bond donors (Lipinski definition) is 3. The van der Waals surface area contributed by atoms with E-state index in [1.807, 2.05) is 6.07 Å². The Bertz CT molecular complexity index is 1030. The Morgan fingerprint density at radius 1 is 1.13 bits per heavy atom. The SMILES string of the molecule is CC(C)CCCS(=O)(=O)c1cccc(Nc2ccc(C(=O)NC3=NCCCN3)cc2)c1. The standard InChI is InChI=1S/C23H30N4O3S/c1-17(2)6-4-15-31(29,30)21-8-3-7-20(16-21)26-19-11-9-18(10-12-19)22(28)27-23-24-13-5-14-25-23/h3,7-12,16-17,26H,4-6,13-15H2,1-2H3,(H2,24,25,27,28). The maximum Gasteiger partial charge on any atom is 0.257 e. The number of nitrogens with one attached hydrogen (secondary N) is 3. The fourth-order valence-corrected chi connectivity index (χ4v) is 4.61. The predicted molar refractivity (Wildman–Crippen MR) is 125 cm³/mol. The van der Waals surface area contributed by atoms with E-state index in [0.717, 1.165) is 25.1 Å². The van der Waals surface area contributed by atoms with Gasteiger partial charge in [0.05, 0.1) is 10.6 Å². The molecule has 0 fully saturated rings. The van der Waals surface area contributed by atoms with Crippen LogP contribution in [0, 0.1) is 5.92 Å². The van der Waals surface area contributed by atoms with E-state index in [0.29, 0.717) is 41.0 Å². The molecule has 2 aromatic rings. The van der Waals surface area contributed by atoms with E-state index in [-0.39, 0.29) is 11.7 Å². The van der Waals surface area contributed by atoms with Gasteiger partial charge in [0.15, 0.2) is 15.8 Å². The summed E-state index contributed by atoms with van der Waals surface area (Å²) in [6.07, 6.45) is 2.50. The average molecular weight is 443 g/mol. The number of benzene rings is 2. The van der Waals surface area contributed by atoms with Crippen molar-refractivity contribution in [3.63, 3.8) is 0 Å². The quantitative estimate of drug-likeness (QED) is 0.579. The maximum absolute atomic E-state index is 12.6. The van der Waals surface area contributed by atoms with Crippen molar-refractivity contribution in [2.45, 2.75) is 38.0 Å². The Morgan fingerprint density at radius 2 is 1.90 bits per heavy atom. The van der Waals surface area contributed by atoms with Crippen molar-refractivity contribution in [2.24, 2.45) is 10.9 Å². The van der Waals surface area contributed by atoms with E-state index in [9.17, 15) is 13.2 Å². The third kappa shape index (κ3) is 6.82. The van der Waals surface area contributed by atoms with Gasteiger partial charge in [-0.15, -0.1) is 0 Å². The summed E-state index contributed by atoms with van der Waals surface area (Å²) in [5.41, 5.74) is 1.96. The maximum atomic E-state index is 12.6. The zero-order valence-corrected chi connectivity index (χ0v) is 18.8. The minimum absolute atomic E-state index is 0.151. The molecule has 0 saturated carbocycles. The van der Waals surface area contributed by atoms with Gasteiger partial charge < -0.3 is 10.6 Å². The molecule has 0 radical (unpaired) electrons. The third-order valence-electron chi connectivity index (χ3n) is 4.95. The zero-order valence-electron chi connectivity index (χ0n) is 18.0. The Morgan fingerprint density at radius 3 is 2.58 bits per heavy atom. The predicted octanol–water partition coefficient (Wildman–Crippen LogP) is 3.72. The van der Waals surface area contributed by atoms with E-state index in [1.54, 1.807) is 42.5 Å². The molecule has 0 bridgehead atoms. The topological polar surface area (TPSA) is 99.7 Å². The Kier molecular flexibility index (Phi) is 7.68. The fraction of sp³-hybridized carbons (Fsp3) is 0.391. The van der Waals surface area contributed by atoms with Crippen molar-refractivity contribution >= 4 is 33.1 Å². The molecule has 0 spiro atoms. The number of aliphatic imine (C=N–C) groups is 1. The normalized spacial score (nSPS) is 14.0. The number of amides is 1. The molecule has 166 valence electrons. The summed E-state index contributed by atoms with van der Waals surface area (Å²) in [5, 5.41) is 9.03. The first-order valence-corrected chi connectivity index (χ1v) is 12.3. The number of carbonyl (C=O) groups excluding carboxylic acids is 1. The summed E-state index contributed by atoms with van der Waals surface area (Å²) in [7, 11) is -3.31. The van der Waals surface area contributed by atoms with Gasteiger partial charge in [-0.1, -0.05) is 19.9 Å². The first kappa shape index (κ1) is 22.8. The minimum Gasteiger partial charge on any atom is -0.356 e. The molecular weight excluding hydrogens is 412 g/mol. The molecule has 0 aliphatic carbocycles. The van der Waals surface area contributed by atoms with Gasteiger partial charge >= 0.3 is 0 Å². The summed E-state index contributed by atoms with van der Waals surface area (Å²) < 4.78 is 25.2. The largest absolute Gasteiger partial charge is 0.356 e. The van der Waals surface area contributed by atoms with Crippen LogP contribution in [0.2, 0.25) is 0 Å². The molecule has 1 aliphatic rings. The zero-order chi connectivity index (χ0) is 22.3. The second kappa shape index (κ2) is 10.4. The van der Waals surface area contributed by atoms with Gasteiger partial charge in [0.1, 0.15) is 0 Å². The molecule has 7 nitrogen and oxygen atoms in total. The van der Waals surface area contributed by atoms with E-state index in [4.69, 9.17) is 0 Å². The number of anilines is 2. The van der Waals surface area contributed by atoms with Crippen molar-refractivity contribution in [3.05, 3.63) is 54.1 Å². The van der Waals surface area contributed by atoms with Crippen LogP contribution >= 0.6 is 0 Å². The molecule has 0 aromatic heterocycles. The van der Waals surface area contributed by atoms with Crippen LogP contribution in [-0.2, 0) is 9.84 Å². The second-order valence-electron chi connectivity index (χ2n) is 8.05. The second-order valence-corrected chi connectivity index (χ2v) is 10.2. The van der Waals surface area contributed by atoms with Crippen molar-refractivity contribution in [1.82, 2.24) is 10.6 Å². The number of guanidine groups is 1. The van der Waals surface area contributed by atoms with E-state index < -0.39 is 9.84 Å². The number of hydrogen-bond acceptors (Lipinski definition) is 6. The summed E-state index contributed by atoms with van der Waals surface area (Å²) >= 11 is 0. The molecule has 1 heterocycles. The highest BCUT2D eigenvalue weighted by Gasteiger charge is 2.15. The lowest BCUT2D eigenvalue weighted by Gasteiger charge is -2.15. The molecule has 31 heavy (non-hydrogen) atoms. The monoisotopic (exact) mass is 442 g/mol. The minimum atomic E-state index is -3.31. The van der Waals surface area contributed by atoms with Gasteiger partial charge in [-0.3, -0.25) is 15.1 Å². The first-order valence-electron chi connectivity index (χ1n) is 10.6. The highest BCUT2D eigenvalue weighted by molar-refractivity contribution is 7.91. The van der Waals surface area contributed by atoms with Gasteiger partial charge in [-0.2, -0.15) is 0 Å².